The standard InChI is InChI=1S/C12H14N2O4/c1-7-4-11(15)13-14(7)12(16)8-2-3-9-10(5-8)18-6-17-9/h2-3,5,7,12,16H,4,6H2,1H3,(H,13,15)/t7-,12-/m1/s1. The summed E-state index contributed by atoms with van der Waals surface area (Å²) in [7, 11) is 0. The Balaban J connectivity index is 1.84. The average Bonchev–Trinajstić information content (AvgIpc) is 2.93. The number of hydrogen-bond donors (Lipinski definition) is 2. The van der Waals surface area contributed by atoms with Crippen LogP contribution in [0.4, 0.5) is 0 Å². The Kier molecular flexibility index (Phi) is 2.61. The maximum Gasteiger partial charge on any atom is 0.236 e. The van der Waals surface area contributed by atoms with Gasteiger partial charge in [0.1, 0.15) is 6.23 Å². The molecule has 18 heavy (non-hydrogen) atoms. The van der Waals surface area contributed by atoms with Crippen LogP contribution in [-0.2, 0) is 4.79 Å². The molecule has 2 atom stereocenters. The van der Waals surface area contributed by atoms with E-state index in [-0.39, 0.29) is 18.7 Å². The second kappa shape index (κ2) is 4.15. The molecule has 1 amide bonds. The smallest absolute Gasteiger partial charge is 0.236 e. The maximum atomic E-state index is 11.3. The molecule has 2 N–H and O–H groups in total. The molecule has 1 saturated heterocycles. The fourth-order valence-corrected chi connectivity index (χ4v) is 2.20. The molecule has 0 unspecified atom stereocenters. The highest BCUT2D eigenvalue weighted by atomic mass is 16.7. The van der Waals surface area contributed by atoms with E-state index in [4.69, 9.17) is 9.47 Å². The fourth-order valence-electron chi connectivity index (χ4n) is 2.20. The monoisotopic (exact) mass is 250 g/mol. The number of fused-ring (bicyclic) bond motifs is 1. The zero-order valence-corrected chi connectivity index (χ0v) is 9.92. The minimum absolute atomic E-state index is 0.0436. The second-order valence-electron chi connectivity index (χ2n) is 4.48. The molecular formula is C12H14N2O4. The SMILES string of the molecule is C[C@@H]1CC(=O)NN1[C@H](O)c1ccc2c(c1)OCO2. The highest BCUT2D eigenvalue weighted by Crippen LogP contribution is 2.35. The van der Waals surface area contributed by atoms with Crippen LogP contribution < -0.4 is 14.9 Å². The Morgan fingerprint density at radius 2 is 2.22 bits per heavy atom. The van der Waals surface area contributed by atoms with Gasteiger partial charge in [-0.1, -0.05) is 6.07 Å². The van der Waals surface area contributed by atoms with Gasteiger partial charge in [-0.2, -0.15) is 5.01 Å². The summed E-state index contributed by atoms with van der Waals surface area (Å²) in [5.41, 5.74) is 3.30. The first-order valence-corrected chi connectivity index (χ1v) is 5.80. The third-order valence-electron chi connectivity index (χ3n) is 3.17. The van der Waals surface area contributed by atoms with Gasteiger partial charge >= 0.3 is 0 Å². The van der Waals surface area contributed by atoms with Crippen molar-refractivity contribution in [1.82, 2.24) is 10.4 Å². The normalized spacial score (nSPS) is 24.1. The first kappa shape index (κ1) is 11.3. The molecule has 2 heterocycles. The van der Waals surface area contributed by atoms with Gasteiger partial charge in [-0.3, -0.25) is 10.2 Å². The second-order valence-corrected chi connectivity index (χ2v) is 4.48. The molecule has 1 fully saturated rings. The summed E-state index contributed by atoms with van der Waals surface area (Å²) in [5.74, 6) is 1.21. The Morgan fingerprint density at radius 3 is 2.94 bits per heavy atom. The van der Waals surface area contributed by atoms with Crippen molar-refractivity contribution in [2.24, 2.45) is 0 Å². The number of nitrogens with one attached hydrogen (secondary N) is 1. The lowest BCUT2D eigenvalue weighted by atomic mass is 10.1. The molecular weight excluding hydrogens is 236 g/mol. The number of hydrogen-bond acceptors (Lipinski definition) is 5. The van der Waals surface area contributed by atoms with E-state index in [1.54, 1.807) is 23.2 Å². The van der Waals surface area contributed by atoms with Crippen LogP contribution in [0.2, 0.25) is 0 Å². The van der Waals surface area contributed by atoms with Crippen LogP contribution in [0.5, 0.6) is 11.5 Å². The molecule has 0 saturated carbocycles. The molecule has 3 rings (SSSR count). The third kappa shape index (κ3) is 1.79. The highest BCUT2D eigenvalue weighted by molar-refractivity contribution is 5.78. The molecule has 2 aliphatic rings. The summed E-state index contributed by atoms with van der Waals surface area (Å²) in [4.78, 5) is 11.3. The number of nitrogens with zero attached hydrogens (tertiary/aromatic N) is 1. The van der Waals surface area contributed by atoms with Gasteiger partial charge in [-0.05, 0) is 19.1 Å². The van der Waals surface area contributed by atoms with Crippen molar-refractivity contribution in [1.29, 1.82) is 0 Å². The van der Waals surface area contributed by atoms with Gasteiger partial charge in [-0.25, -0.2) is 0 Å². The average molecular weight is 250 g/mol. The summed E-state index contributed by atoms with van der Waals surface area (Å²) in [6, 6.07) is 5.20. The first-order valence-electron chi connectivity index (χ1n) is 5.80. The van der Waals surface area contributed by atoms with Crippen LogP contribution in [0.25, 0.3) is 0 Å². The predicted octanol–water partition coefficient (Wildman–Crippen LogP) is 0.532. The number of aliphatic hydroxyl groups excluding tert-OH is 1. The molecule has 0 bridgehead atoms. The maximum absolute atomic E-state index is 11.3. The van der Waals surface area contributed by atoms with E-state index in [0.717, 1.165) is 0 Å². The van der Waals surface area contributed by atoms with Gasteiger partial charge in [0, 0.05) is 18.0 Å². The largest absolute Gasteiger partial charge is 0.454 e. The summed E-state index contributed by atoms with van der Waals surface area (Å²) in [6.45, 7) is 2.08. The van der Waals surface area contributed by atoms with Gasteiger partial charge < -0.3 is 14.6 Å². The summed E-state index contributed by atoms with van der Waals surface area (Å²) < 4.78 is 10.5. The van der Waals surface area contributed by atoms with E-state index in [2.05, 4.69) is 5.43 Å². The predicted molar refractivity (Wildman–Crippen MR) is 61.6 cm³/mol. The molecule has 0 aromatic heterocycles. The molecule has 6 nitrogen and oxygen atoms in total. The van der Waals surface area contributed by atoms with Gasteiger partial charge in [-0.15, -0.1) is 0 Å². The fraction of sp³-hybridized carbons (Fsp3) is 0.417. The number of amides is 1. The molecule has 96 valence electrons. The van der Waals surface area contributed by atoms with Crippen LogP contribution in [-0.4, -0.2) is 28.9 Å². The quantitative estimate of drug-likeness (QED) is 0.801. The van der Waals surface area contributed by atoms with Crippen molar-refractivity contribution in [3.8, 4) is 11.5 Å². The lowest BCUT2D eigenvalue weighted by Crippen LogP contribution is -2.40. The van der Waals surface area contributed by atoms with Crippen molar-refractivity contribution >= 4 is 5.91 Å². The van der Waals surface area contributed by atoms with Crippen molar-refractivity contribution < 1.29 is 19.4 Å². The molecule has 2 aliphatic heterocycles. The minimum Gasteiger partial charge on any atom is -0.454 e. The van der Waals surface area contributed by atoms with Crippen LogP contribution in [0.15, 0.2) is 18.2 Å². The lowest BCUT2D eigenvalue weighted by molar-refractivity contribution is -0.124. The molecule has 0 radical (unpaired) electrons. The number of carbonyl (C=O) groups excluding carboxylic acids is 1. The zero-order chi connectivity index (χ0) is 12.7. The first-order chi connectivity index (χ1) is 8.65. The number of aliphatic hydroxyl groups is 1. The van der Waals surface area contributed by atoms with Crippen molar-refractivity contribution in [2.75, 3.05) is 6.79 Å². The van der Waals surface area contributed by atoms with E-state index in [0.29, 0.717) is 23.5 Å². The van der Waals surface area contributed by atoms with Crippen LogP contribution in [0.3, 0.4) is 0 Å². The number of hydrazine groups is 1. The van der Waals surface area contributed by atoms with Gasteiger partial charge in [0.05, 0.1) is 0 Å². The number of rotatable bonds is 2. The topological polar surface area (TPSA) is 71.0 Å². The van der Waals surface area contributed by atoms with E-state index in [1.165, 1.54) is 0 Å². The third-order valence-corrected chi connectivity index (χ3v) is 3.17. The Labute approximate surface area is 104 Å². The zero-order valence-electron chi connectivity index (χ0n) is 9.92. The summed E-state index contributed by atoms with van der Waals surface area (Å²) in [5, 5.41) is 11.8. The van der Waals surface area contributed by atoms with Crippen molar-refractivity contribution in [3.05, 3.63) is 23.8 Å². The Bertz CT molecular complexity index is 491. The Morgan fingerprint density at radius 1 is 1.44 bits per heavy atom. The molecule has 0 spiro atoms. The minimum atomic E-state index is -0.888. The van der Waals surface area contributed by atoms with Gasteiger partial charge in [0.2, 0.25) is 12.7 Å². The van der Waals surface area contributed by atoms with E-state index in [9.17, 15) is 9.90 Å². The molecule has 0 aliphatic carbocycles. The number of ether oxygens (including phenoxy) is 2. The summed E-state index contributed by atoms with van der Waals surface area (Å²) in [6.07, 6.45) is -0.498. The summed E-state index contributed by atoms with van der Waals surface area (Å²) >= 11 is 0. The molecule has 1 aromatic carbocycles. The van der Waals surface area contributed by atoms with Crippen LogP contribution in [0, 0.1) is 0 Å². The van der Waals surface area contributed by atoms with E-state index < -0.39 is 6.23 Å². The van der Waals surface area contributed by atoms with Crippen molar-refractivity contribution in [3.63, 3.8) is 0 Å². The van der Waals surface area contributed by atoms with Gasteiger partial charge in [0.15, 0.2) is 11.5 Å². The number of benzene rings is 1. The van der Waals surface area contributed by atoms with Crippen molar-refractivity contribution in [2.45, 2.75) is 25.6 Å². The molecule has 1 aromatic rings. The van der Waals surface area contributed by atoms with Crippen LogP contribution in [0.1, 0.15) is 25.1 Å². The lowest BCUT2D eigenvalue weighted by Gasteiger charge is -2.26. The van der Waals surface area contributed by atoms with Crippen LogP contribution >= 0.6 is 0 Å². The van der Waals surface area contributed by atoms with Gasteiger partial charge in [0.25, 0.3) is 0 Å². The highest BCUT2D eigenvalue weighted by Gasteiger charge is 2.32. The number of carbonyl (C=O) groups is 1. The Hall–Kier alpha value is -1.79. The van der Waals surface area contributed by atoms with E-state index >= 15 is 0 Å². The van der Waals surface area contributed by atoms with E-state index in [1.807, 2.05) is 6.92 Å². The molecule has 6 heteroatoms.